The standard InChI is InChI=1S/C23H18BrN3O5S/c1-3-32-22(31)20-12(2)26-23(33-20)27-17(14-5-4-6-15(24)11-14)16(19(29)21(27)30)18(28)13-7-9-25-10-8-13/h4-11,17,28H,3H2,1-2H3/b18-16+. The Balaban J connectivity index is 1.92. The van der Waals surface area contributed by atoms with Crippen molar-refractivity contribution in [1.29, 1.82) is 0 Å². The van der Waals surface area contributed by atoms with Gasteiger partial charge < -0.3 is 9.84 Å². The van der Waals surface area contributed by atoms with Crippen LogP contribution >= 0.6 is 27.3 Å². The van der Waals surface area contributed by atoms with Gasteiger partial charge >= 0.3 is 11.9 Å². The fourth-order valence-electron chi connectivity index (χ4n) is 3.56. The molecule has 1 aliphatic rings. The summed E-state index contributed by atoms with van der Waals surface area (Å²) in [6, 6.07) is 9.24. The SMILES string of the molecule is CCOC(=O)c1sc(N2C(=O)C(=O)/C(=C(/O)c3ccncc3)C2c2cccc(Br)c2)nc1C. The second-order valence-corrected chi connectivity index (χ2v) is 8.98. The number of rotatable bonds is 5. The van der Waals surface area contributed by atoms with Gasteiger partial charge in [-0.3, -0.25) is 19.5 Å². The molecule has 3 heterocycles. The number of aromatic nitrogens is 2. The van der Waals surface area contributed by atoms with Crippen LogP contribution < -0.4 is 4.90 Å². The minimum Gasteiger partial charge on any atom is -0.507 e. The molecule has 0 saturated carbocycles. The van der Waals surface area contributed by atoms with E-state index in [4.69, 9.17) is 4.74 Å². The summed E-state index contributed by atoms with van der Waals surface area (Å²) in [7, 11) is 0. The Morgan fingerprint density at radius 1 is 1.24 bits per heavy atom. The molecule has 3 aromatic rings. The third kappa shape index (κ3) is 4.19. The van der Waals surface area contributed by atoms with E-state index in [1.165, 1.54) is 17.3 Å². The lowest BCUT2D eigenvalue weighted by Crippen LogP contribution is -2.29. The van der Waals surface area contributed by atoms with E-state index in [-0.39, 0.29) is 27.9 Å². The van der Waals surface area contributed by atoms with Crippen molar-refractivity contribution in [2.45, 2.75) is 19.9 Å². The third-order valence-corrected chi connectivity index (χ3v) is 6.64. The number of hydrogen-bond acceptors (Lipinski definition) is 8. The molecular weight excluding hydrogens is 510 g/mol. The summed E-state index contributed by atoms with van der Waals surface area (Å²) in [5, 5.41) is 11.2. The molecule has 0 aliphatic carbocycles. The first-order valence-electron chi connectivity index (χ1n) is 9.94. The van der Waals surface area contributed by atoms with Crippen molar-refractivity contribution in [3.8, 4) is 0 Å². The smallest absolute Gasteiger partial charge is 0.350 e. The molecule has 1 fully saturated rings. The van der Waals surface area contributed by atoms with E-state index in [2.05, 4.69) is 25.9 Å². The maximum absolute atomic E-state index is 13.2. The second kappa shape index (κ2) is 9.24. The number of Topliss-reactive ketones (excluding diaryl/α,β-unsaturated/α-hetero) is 1. The normalized spacial score (nSPS) is 17.4. The van der Waals surface area contributed by atoms with E-state index >= 15 is 0 Å². The van der Waals surface area contributed by atoms with E-state index in [0.29, 0.717) is 16.8 Å². The van der Waals surface area contributed by atoms with Crippen molar-refractivity contribution in [3.63, 3.8) is 0 Å². The van der Waals surface area contributed by atoms with Crippen LogP contribution in [0.3, 0.4) is 0 Å². The van der Waals surface area contributed by atoms with Crippen LogP contribution in [0.1, 0.15) is 39.5 Å². The molecule has 10 heteroatoms. The van der Waals surface area contributed by atoms with Gasteiger partial charge in [0.15, 0.2) is 5.13 Å². The molecule has 1 aromatic carbocycles. The number of aryl methyl sites for hydroxylation is 1. The molecule has 4 rings (SSSR count). The predicted octanol–water partition coefficient (Wildman–Crippen LogP) is 4.41. The fourth-order valence-corrected chi connectivity index (χ4v) is 4.96. The van der Waals surface area contributed by atoms with E-state index in [1.54, 1.807) is 44.2 Å². The molecular formula is C23H18BrN3O5S. The maximum Gasteiger partial charge on any atom is 0.350 e. The summed E-state index contributed by atoms with van der Waals surface area (Å²) in [6.45, 7) is 3.52. The van der Waals surface area contributed by atoms with Crippen molar-refractivity contribution in [3.05, 3.63) is 80.5 Å². The molecule has 2 aromatic heterocycles. The van der Waals surface area contributed by atoms with Crippen LogP contribution in [0.4, 0.5) is 5.13 Å². The van der Waals surface area contributed by atoms with Crippen molar-refractivity contribution in [2.75, 3.05) is 11.5 Å². The highest BCUT2D eigenvalue weighted by molar-refractivity contribution is 9.10. The largest absolute Gasteiger partial charge is 0.507 e. The van der Waals surface area contributed by atoms with Gasteiger partial charge in [0, 0.05) is 22.4 Å². The lowest BCUT2D eigenvalue weighted by atomic mass is 9.96. The number of thiazole rings is 1. The number of halogens is 1. The minimum atomic E-state index is -0.948. The van der Waals surface area contributed by atoms with Crippen LogP contribution in [0.2, 0.25) is 0 Å². The second-order valence-electron chi connectivity index (χ2n) is 7.09. The number of aliphatic hydroxyl groups excluding tert-OH is 1. The maximum atomic E-state index is 13.2. The number of carbonyl (C=O) groups is 3. The monoisotopic (exact) mass is 527 g/mol. The molecule has 1 N–H and O–H groups in total. The molecule has 1 saturated heterocycles. The van der Waals surface area contributed by atoms with Gasteiger partial charge in [-0.15, -0.1) is 0 Å². The van der Waals surface area contributed by atoms with Crippen molar-refractivity contribution < 1.29 is 24.2 Å². The summed E-state index contributed by atoms with van der Waals surface area (Å²) in [5.41, 5.74) is 1.25. The first-order valence-corrected chi connectivity index (χ1v) is 11.6. The number of pyridine rings is 1. The highest BCUT2D eigenvalue weighted by atomic mass is 79.9. The highest BCUT2D eigenvalue weighted by Gasteiger charge is 2.48. The number of aliphatic hydroxyl groups is 1. The quantitative estimate of drug-likeness (QED) is 0.226. The number of carbonyl (C=O) groups excluding carboxylic acids is 3. The molecule has 33 heavy (non-hydrogen) atoms. The lowest BCUT2D eigenvalue weighted by Gasteiger charge is -2.23. The van der Waals surface area contributed by atoms with Gasteiger partial charge in [0.25, 0.3) is 5.78 Å². The highest BCUT2D eigenvalue weighted by Crippen LogP contribution is 2.44. The van der Waals surface area contributed by atoms with Crippen LogP contribution in [0.5, 0.6) is 0 Å². The van der Waals surface area contributed by atoms with Gasteiger partial charge in [-0.25, -0.2) is 9.78 Å². The number of esters is 1. The van der Waals surface area contributed by atoms with Crippen molar-refractivity contribution >= 4 is 55.8 Å². The van der Waals surface area contributed by atoms with Crippen LogP contribution in [0.25, 0.3) is 5.76 Å². The molecule has 0 spiro atoms. The summed E-state index contributed by atoms with van der Waals surface area (Å²) in [5.74, 6) is -2.56. The number of benzene rings is 1. The van der Waals surface area contributed by atoms with Gasteiger partial charge in [-0.1, -0.05) is 39.4 Å². The zero-order valence-corrected chi connectivity index (χ0v) is 20.0. The summed E-state index contributed by atoms with van der Waals surface area (Å²) in [4.78, 5) is 48.4. The van der Waals surface area contributed by atoms with Gasteiger partial charge in [0.2, 0.25) is 0 Å². The zero-order valence-electron chi connectivity index (χ0n) is 17.6. The van der Waals surface area contributed by atoms with Gasteiger partial charge in [0.05, 0.1) is 23.9 Å². The molecule has 8 nitrogen and oxygen atoms in total. The first-order chi connectivity index (χ1) is 15.8. The number of nitrogens with zero attached hydrogens (tertiary/aromatic N) is 3. The zero-order chi connectivity index (χ0) is 23.7. The Bertz CT molecular complexity index is 1290. The minimum absolute atomic E-state index is 0.0742. The topological polar surface area (TPSA) is 110 Å². The first kappa shape index (κ1) is 22.8. The van der Waals surface area contributed by atoms with Crippen LogP contribution in [0, 0.1) is 6.92 Å². The van der Waals surface area contributed by atoms with Crippen molar-refractivity contribution in [2.24, 2.45) is 0 Å². The molecule has 1 atom stereocenters. The van der Waals surface area contributed by atoms with E-state index in [9.17, 15) is 19.5 Å². The van der Waals surface area contributed by atoms with Gasteiger partial charge in [-0.2, -0.15) is 0 Å². The Morgan fingerprint density at radius 3 is 2.64 bits per heavy atom. The van der Waals surface area contributed by atoms with E-state index in [0.717, 1.165) is 15.8 Å². The van der Waals surface area contributed by atoms with E-state index in [1.807, 2.05) is 6.07 Å². The van der Waals surface area contributed by atoms with Gasteiger partial charge in [0.1, 0.15) is 10.6 Å². The summed E-state index contributed by atoms with van der Waals surface area (Å²) >= 11 is 4.38. The average molecular weight is 528 g/mol. The van der Waals surface area contributed by atoms with Crippen LogP contribution in [0.15, 0.2) is 58.8 Å². The Kier molecular flexibility index (Phi) is 6.39. The fraction of sp³-hybridized carbons (Fsp3) is 0.174. The van der Waals surface area contributed by atoms with Crippen LogP contribution in [-0.4, -0.2) is 39.3 Å². The number of anilines is 1. The molecule has 0 bridgehead atoms. The molecule has 1 aliphatic heterocycles. The summed E-state index contributed by atoms with van der Waals surface area (Å²) in [6.07, 6.45) is 2.96. The Morgan fingerprint density at radius 2 is 1.97 bits per heavy atom. The lowest BCUT2D eigenvalue weighted by molar-refractivity contribution is -0.132. The van der Waals surface area contributed by atoms with Crippen molar-refractivity contribution in [1.82, 2.24) is 9.97 Å². The number of hydrogen-bond donors (Lipinski definition) is 1. The number of amides is 1. The van der Waals surface area contributed by atoms with E-state index < -0.39 is 23.7 Å². The average Bonchev–Trinajstić information content (AvgIpc) is 3.31. The third-order valence-electron chi connectivity index (χ3n) is 5.01. The van der Waals surface area contributed by atoms with Gasteiger partial charge in [-0.05, 0) is 43.7 Å². The number of ether oxygens (including phenoxy) is 1. The predicted molar refractivity (Wildman–Crippen MR) is 126 cm³/mol. The number of ketones is 1. The summed E-state index contributed by atoms with van der Waals surface area (Å²) < 4.78 is 5.81. The molecule has 1 amide bonds. The Hall–Kier alpha value is -3.37. The molecule has 0 radical (unpaired) electrons. The van der Waals surface area contributed by atoms with Crippen LogP contribution in [-0.2, 0) is 14.3 Å². The molecule has 1 unspecified atom stereocenters. The Labute approximate surface area is 201 Å². The molecule has 168 valence electrons.